The van der Waals surface area contributed by atoms with E-state index in [0.29, 0.717) is 17.5 Å². The number of methoxy groups -OCH3 is 1. The van der Waals surface area contributed by atoms with Gasteiger partial charge in [-0.05, 0) is 56.5 Å². The molecule has 0 aliphatic carbocycles. The van der Waals surface area contributed by atoms with Crippen LogP contribution < -0.4 is 5.73 Å². The van der Waals surface area contributed by atoms with Crippen molar-refractivity contribution >= 4 is 18.4 Å². The SMILES string of the molecule is COC(=O)c1cccc(CN2CCC(C(C)N)CC2)c1.Cl. The fraction of sp³-hybridized carbons (Fsp3) is 0.562. The zero-order valence-electron chi connectivity index (χ0n) is 12.7. The molecule has 1 aliphatic rings. The van der Waals surface area contributed by atoms with E-state index in [0.717, 1.165) is 38.0 Å². The minimum absolute atomic E-state index is 0. The van der Waals surface area contributed by atoms with Crippen molar-refractivity contribution < 1.29 is 9.53 Å². The quantitative estimate of drug-likeness (QED) is 0.868. The third-order valence-corrected chi connectivity index (χ3v) is 4.13. The predicted molar refractivity (Wildman–Crippen MR) is 86.7 cm³/mol. The summed E-state index contributed by atoms with van der Waals surface area (Å²) < 4.78 is 4.76. The second-order valence-electron chi connectivity index (χ2n) is 5.66. The lowest BCUT2D eigenvalue weighted by atomic mass is 9.91. The van der Waals surface area contributed by atoms with Crippen LogP contribution >= 0.6 is 12.4 Å². The maximum atomic E-state index is 11.5. The van der Waals surface area contributed by atoms with Crippen molar-refractivity contribution in [3.8, 4) is 0 Å². The molecule has 1 atom stereocenters. The highest BCUT2D eigenvalue weighted by atomic mass is 35.5. The van der Waals surface area contributed by atoms with Crippen LogP contribution in [0.15, 0.2) is 24.3 Å². The monoisotopic (exact) mass is 312 g/mol. The zero-order valence-corrected chi connectivity index (χ0v) is 13.6. The molecule has 0 amide bonds. The van der Waals surface area contributed by atoms with Crippen LogP contribution in [-0.4, -0.2) is 37.1 Å². The Morgan fingerprint density at radius 2 is 2.10 bits per heavy atom. The van der Waals surface area contributed by atoms with E-state index in [-0.39, 0.29) is 18.4 Å². The molecule has 1 aliphatic heterocycles. The lowest BCUT2D eigenvalue weighted by Gasteiger charge is -2.33. The zero-order chi connectivity index (χ0) is 14.5. The molecule has 0 aromatic heterocycles. The summed E-state index contributed by atoms with van der Waals surface area (Å²) in [7, 11) is 1.41. The molecule has 1 aromatic rings. The standard InChI is InChI=1S/C16H24N2O2.ClH/c1-12(17)14-6-8-18(9-7-14)11-13-4-3-5-15(10-13)16(19)20-2;/h3-5,10,12,14H,6-9,11,17H2,1-2H3;1H. The van der Waals surface area contributed by atoms with Crippen LogP contribution in [0.1, 0.15) is 35.7 Å². The summed E-state index contributed by atoms with van der Waals surface area (Å²) in [6, 6.07) is 7.97. The maximum absolute atomic E-state index is 11.5. The summed E-state index contributed by atoms with van der Waals surface area (Å²) in [4.78, 5) is 14.0. The Bertz CT molecular complexity index is 457. The number of nitrogens with zero attached hydrogens (tertiary/aromatic N) is 1. The molecule has 1 heterocycles. The summed E-state index contributed by atoms with van der Waals surface area (Å²) in [6.45, 7) is 5.14. The van der Waals surface area contributed by atoms with Gasteiger partial charge in [-0.15, -0.1) is 12.4 Å². The first-order chi connectivity index (χ1) is 9.60. The molecule has 0 spiro atoms. The molecule has 0 saturated carbocycles. The number of benzene rings is 1. The number of carbonyl (C=O) groups is 1. The summed E-state index contributed by atoms with van der Waals surface area (Å²) in [5.74, 6) is 0.371. The second-order valence-corrected chi connectivity index (χ2v) is 5.66. The molecule has 0 bridgehead atoms. The minimum atomic E-state index is -0.275. The average molecular weight is 313 g/mol. The molecule has 0 radical (unpaired) electrons. The maximum Gasteiger partial charge on any atom is 0.337 e. The summed E-state index contributed by atoms with van der Waals surface area (Å²) in [5, 5.41) is 0. The highest BCUT2D eigenvalue weighted by molar-refractivity contribution is 5.89. The van der Waals surface area contributed by atoms with E-state index < -0.39 is 0 Å². The molecule has 4 nitrogen and oxygen atoms in total. The third-order valence-electron chi connectivity index (χ3n) is 4.13. The molecule has 1 saturated heterocycles. The van der Waals surface area contributed by atoms with Crippen LogP contribution in [0.3, 0.4) is 0 Å². The Kier molecular flexibility index (Phi) is 7.15. The van der Waals surface area contributed by atoms with E-state index in [9.17, 15) is 4.79 Å². The van der Waals surface area contributed by atoms with Crippen molar-refractivity contribution in [1.82, 2.24) is 4.90 Å². The molecule has 118 valence electrons. The van der Waals surface area contributed by atoms with Crippen molar-refractivity contribution in [2.45, 2.75) is 32.4 Å². The van der Waals surface area contributed by atoms with Crippen LogP contribution in [0.2, 0.25) is 0 Å². The number of likely N-dealkylation sites (tertiary alicyclic amines) is 1. The highest BCUT2D eigenvalue weighted by Crippen LogP contribution is 2.21. The predicted octanol–water partition coefficient (Wildman–Crippen LogP) is 2.45. The number of hydrogen-bond donors (Lipinski definition) is 1. The van der Waals surface area contributed by atoms with Gasteiger partial charge in [0, 0.05) is 12.6 Å². The molecule has 2 N–H and O–H groups in total. The second kappa shape index (κ2) is 8.37. The Balaban J connectivity index is 0.00000220. The van der Waals surface area contributed by atoms with Gasteiger partial charge in [-0.25, -0.2) is 4.79 Å². The van der Waals surface area contributed by atoms with Gasteiger partial charge >= 0.3 is 5.97 Å². The first kappa shape index (κ1) is 18.0. The topological polar surface area (TPSA) is 55.6 Å². The third kappa shape index (κ3) is 4.99. The molecule has 2 rings (SSSR count). The van der Waals surface area contributed by atoms with E-state index in [1.807, 2.05) is 12.1 Å². The number of piperidine rings is 1. The van der Waals surface area contributed by atoms with Gasteiger partial charge in [0.25, 0.3) is 0 Å². The number of hydrogen-bond acceptors (Lipinski definition) is 4. The first-order valence-corrected chi connectivity index (χ1v) is 7.25. The van der Waals surface area contributed by atoms with Crippen LogP contribution in [-0.2, 0) is 11.3 Å². The Morgan fingerprint density at radius 1 is 1.43 bits per heavy atom. The number of rotatable bonds is 4. The van der Waals surface area contributed by atoms with Gasteiger partial charge in [0.15, 0.2) is 0 Å². The fourth-order valence-corrected chi connectivity index (χ4v) is 2.81. The van der Waals surface area contributed by atoms with Gasteiger partial charge < -0.3 is 10.5 Å². The van der Waals surface area contributed by atoms with Crippen LogP contribution in [0.4, 0.5) is 0 Å². The lowest BCUT2D eigenvalue weighted by molar-refractivity contribution is 0.0600. The molecule has 1 aromatic carbocycles. The van der Waals surface area contributed by atoms with Gasteiger partial charge in [-0.1, -0.05) is 12.1 Å². The summed E-state index contributed by atoms with van der Waals surface area (Å²) in [6.07, 6.45) is 2.32. The van der Waals surface area contributed by atoms with Gasteiger partial charge in [0.1, 0.15) is 0 Å². The van der Waals surface area contributed by atoms with Gasteiger partial charge in [-0.2, -0.15) is 0 Å². The number of nitrogens with two attached hydrogens (primary N) is 1. The Hall–Kier alpha value is -1.10. The van der Waals surface area contributed by atoms with Crippen LogP contribution in [0, 0.1) is 5.92 Å². The summed E-state index contributed by atoms with van der Waals surface area (Å²) >= 11 is 0. The average Bonchev–Trinajstić information content (AvgIpc) is 2.47. The van der Waals surface area contributed by atoms with Gasteiger partial charge in [-0.3, -0.25) is 4.90 Å². The molecular formula is C16H25ClN2O2. The first-order valence-electron chi connectivity index (χ1n) is 7.25. The van der Waals surface area contributed by atoms with Crippen molar-refractivity contribution in [1.29, 1.82) is 0 Å². The number of halogens is 1. The van der Waals surface area contributed by atoms with Crippen molar-refractivity contribution in [3.63, 3.8) is 0 Å². The van der Waals surface area contributed by atoms with E-state index in [4.69, 9.17) is 10.5 Å². The van der Waals surface area contributed by atoms with Gasteiger partial charge in [0.05, 0.1) is 12.7 Å². The fourth-order valence-electron chi connectivity index (χ4n) is 2.81. The van der Waals surface area contributed by atoms with Crippen molar-refractivity contribution in [3.05, 3.63) is 35.4 Å². The number of carbonyl (C=O) groups excluding carboxylic acids is 1. The van der Waals surface area contributed by atoms with Crippen LogP contribution in [0.25, 0.3) is 0 Å². The van der Waals surface area contributed by atoms with Crippen molar-refractivity contribution in [2.24, 2.45) is 11.7 Å². The number of ether oxygens (including phenoxy) is 1. The van der Waals surface area contributed by atoms with E-state index >= 15 is 0 Å². The number of esters is 1. The van der Waals surface area contributed by atoms with Gasteiger partial charge in [0.2, 0.25) is 0 Å². The normalized spacial score (nSPS) is 17.9. The van der Waals surface area contributed by atoms with E-state index in [1.165, 1.54) is 7.11 Å². The smallest absolute Gasteiger partial charge is 0.337 e. The molecule has 5 heteroatoms. The van der Waals surface area contributed by atoms with E-state index in [1.54, 1.807) is 6.07 Å². The lowest BCUT2D eigenvalue weighted by Crippen LogP contribution is -2.39. The van der Waals surface area contributed by atoms with E-state index in [2.05, 4.69) is 17.9 Å². The Morgan fingerprint density at radius 3 is 2.67 bits per heavy atom. The molecule has 21 heavy (non-hydrogen) atoms. The highest BCUT2D eigenvalue weighted by Gasteiger charge is 2.21. The molecular weight excluding hydrogens is 288 g/mol. The van der Waals surface area contributed by atoms with Crippen molar-refractivity contribution in [2.75, 3.05) is 20.2 Å². The molecule has 1 unspecified atom stereocenters. The summed E-state index contributed by atoms with van der Waals surface area (Å²) in [5.41, 5.74) is 7.74. The molecule has 1 fully saturated rings. The minimum Gasteiger partial charge on any atom is -0.465 e. The van der Waals surface area contributed by atoms with Crippen LogP contribution in [0.5, 0.6) is 0 Å². The largest absolute Gasteiger partial charge is 0.465 e. The Labute approximate surface area is 133 Å².